The summed E-state index contributed by atoms with van der Waals surface area (Å²) in [5, 5.41) is 1.13. The maximum Gasteiger partial charge on any atom is 0.343 e. The second-order valence-corrected chi connectivity index (χ2v) is 4.34. The van der Waals surface area contributed by atoms with Gasteiger partial charge in [0.25, 0.3) is 5.91 Å². The van der Waals surface area contributed by atoms with Gasteiger partial charge in [-0.05, 0) is 24.3 Å². The minimum absolute atomic E-state index is 0.0871. The number of rotatable bonds is 4. The van der Waals surface area contributed by atoms with E-state index in [-0.39, 0.29) is 11.9 Å². The summed E-state index contributed by atoms with van der Waals surface area (Å²) in [6.07, 6.45) is 3.09. The number of hydrogen-bond acceptors (Lipinski definition) is 4. The molecule has 0 fully saturated rings. The van der Waals surface area contributed by atoms with Gasteiger partial charge < -0.3 is 4.84 Å². The first-order valence-electron chi connectivity index (χ1n) is 6.66. The van der Waals surface area contributed by atoms with Crippen LogP contribution in [-0.4, -0.2) is 15.9 Å². The zero-order valence-electron chi connectivity index (χ0n) is 11.6. The summed E-state index contributed by atoms with van der Waals surface area (Å²) in [4.78, 5) is 26.2. The largest absolute Gasteiger partial charge is 0.343 e. The molecule has 0 aliphatic carbocycles. The van der Waals surface area contributed by atoms with Crippen molar-refractivity contribution in [1.29, 1.82) is 0 Å². The highest BCUT2D eigenvalue weighted by molar-refractivity contribution is 6.04. The number of carbonyl (C=O) groups is 1. The zero-order chi connectivity index (χ0) is 15.2. The molecule has 0 spiro atoms. The van der Waals surface area contributed by atoms with Gasteiger partial charge in [-0.3, -0.25) is 4.79 Å². The molecule has 0 saturated carbocycles. The fraction of sp³-hybridized carbons (Fsp3) is 0. The van der Waals surface area contributed by atoms with E-state index in [2.05, 4.69) is 16.0 Å². The molecule has 0 atom stereocenters. The Bertz CT molecular complexity index is 734. The van der Waals surface area contributed by atoms with Crippen LogP contribution in [0.25, 0.3) is 0 Å². The molecule has 5 nitrogen and oxygen atoms in total. The lowest BCUT2D eigenvalue weighted by atomic mass is 10.2. The van der Waals surface area contributed by atoms with Crippen LogP contribution in [0.15, 0.2) is 73.1 Å². The van der Waals surface area contributed by atoms with E-state index >= 15 is 0 Å². The first-order valence-corrected chi connectivity index (χ1v) is 6.66. The Labute approximate surface area is 127 Å². The third-order valence-corrected chi connectivity index (χ3v) is 2.83. The summed E-state index contributed by atoms with van der Waals surface area (Å²) in [5.41, 5.74) is 0.972. The number of amides is 1. The third kappa shape index (κ3) is 3.09. The SMILES string of the molecule is O=C(c1ccccc1)N(Oc1ncccn1)c1[c]cccc1. The van der Waals surface area contributed by atoms with Gasteiger partial charge in [0, 0.05) is 24.0 Å². The number of para-hydroxylation sites is 1. The van der Waals surface area contributed by atoms with E-state index in [1.165, 1.54) is 0 Å². The smallest absolute Gasteiger partial charge is 0.329 e. The van der Waals surface area contributed by atoms with E-state index in [1.807, 2.05) is 12.1 Å². The number of hydroxylamine groups is 1. The lowest BCUT2D eigenvalue weighted by Crippen LogP contribution is -2.35. The Hall–Kier alpha value is -3.21. The summed E-state index contributed by atoms with van der Waals surface area (Å²) < 4.78 is 0. The molecule has 0 aliphatic heterocycles. The molecule has 5 heteroatoms. The summed E-state index contributed by atoms with van der Waals surface area (Å²) in [6.45, 7) is 0. The minimum Gasteiger partial charge on any atom is -0.329 e. The summed E-state index contributed by atoms with van der Waals surface area (Å²) in [5.74, 6) is -0.324. The Balaban J connectivity index is 1.95. The highest BCUT2D eigenvalue weighted by Crippen LogP contribution is 2.17. The molecule has 0 N–H and O–H groups in total. The maximum absolute atomic E-state index is 12.7. The normalized spacial score (nSPS) is 10.0. The van der Waals surface area contributed by atoms with Crippen molar-refractivity contribution >= 4 is 11.6 Å². The van der Waals surface area contributed by atoms with Gasteiger partial charge >= 0.3 is 6.01 Å². The van der Waals surface area contributed by atoms with E-state index < -0.39 is 0 Å². The lowest BCUT2D eigenvalue weighted by Gasteiger charge is -2.20. The number of nitrogens with zero attached hydrogens (tertiary/aromatic N) is 3. The first-order chi connectivity index (χ1) is 10.8. The molecule has 1 radical (unpaired) electrons. The van der Waals surface area contributed by atoms with Gasteiger partial charge in [-0.15, -0.1) is 5.06 Å². The van der Waals surface area contributed by atoms with E-state index in [4.69, 9.17) is 4.84 Å². The van der Waals surface area contributed by atoms with Crippen molar-refractivity contribution in [3.8, 4) is 6.01 Å². The van der Waals surface area contributed by atoms with Crippen LogP contribution in [0.3, 0.4) is 0 Å². The topological polar surface area (TPSA) is 55.3 Å². The average Bonchev–Trinajstić information content (AvgIpc) is 2.61. The standard InChI is InChI=1S/C17H12N3O2/c21-16(14-8-3-1-4-9-14)20(15-10-5-2-6-11-15)22-17-18-12-7-13-19-17/h1-10,12-13H. The molecule has 0 unspecified atom stereocenters. The van der Waals surface area contributed by atoms with Crippen LogP contribution in [-0.2, 0) is 0 Å². The highest BCUT2D eigenvalue weighted by Gasteiger charge is 2.21. The second kappa shape index (κ2) is 6.49. The third-order valence-electron chi connectivity index (χ3n) is 2.83. The van der Waals surface area contributed by atoms with Crippen molar-refractivity contribution < 1.29 is 9.63 Å². The molecular weight excluding hydrogens is 278 g/mol. The van der Waals surface area contributed by atoms with E-state index in [0.717, 1.165) is 5.06 Å². The van der Waals surface area contributed by atoms with Gasteiger partial charge in [-0.25, -0.2) is 9.97 Å². The number of hydrogen-bond donors (Lipinski definition) is 0. The van der Waals surface area contributed by atoms with Crippen molar-refractivity contribution in [2.45, 2.75) is 0 Å². The molecule has 107 valence electrons. The number of anilines is 1. The Morgan fingerprint density at radius 3 is 2.36 bits per heavy atom. The summed E-state index contributed by atoms with van der Waals surface area (Å²) >= 11 is 0. The molecule has 2 aromatic carbocycles. The van der Waals surface area contributed by atoms with Crippen LogP contribution in [0, 0.1) is 6.07 Å². The summed E-state index contributed by atoms with van der Waals surface area (Å²) in [6, 6.07) is 20.6. The fourth-order valence-corrected chi connectivity index (χ4v) is 1.82. The molecule has 0 bridgehead atoms. The van der Waals surface area contributed by atoms with Gasteiger partial charge in [0.1, 0.15) is 0 Å². The van der Waals surface area contributed by atoms with Crippen LogP contribution in [0.5, 0.6) is 6.01 Å². The van der Waals surface area contributed by atoms with Gasteiger partial charge in [0.2, 0.25) is 0 Å². The van der Waals surface area contributed by atoms with Crippen LogP contribution in [0.1, 0.15) is 10.4 Å². The molecule has 0 aliphatic rings. The van der Waals surface area contributed by atoms with Crippen molar-refractivity contribution in [2.24, 2.45) is 0 Å². The predicted octanol–water partition coefficient (Wildman–Crippen LogP) is 2.92. The quantitative estimate of drug-likeness (QED) is 0.693. The average molecular weight is 290 g/mol. The molecule has 1 amide bonds. The van der Waals surface area contributed by atoms with Crippen LogP contribution >= 0.6 is 0 Å². The molecule has 3 aromatic rings. The van der Waals surface area contributed by atoms with E-state index in [0.29, 0.717) is 11.3 Å². The number of benzene rings is 2. The van der Waals surface area contributed by atoms with Gasteiger partial charge in [0.15, 0.2) is 0 Å². The lowest BCUT2D eigenvalue weighted by molar-refractivity contribution is 0.0869. The van der Waals surface area contributed by atoms with Gasteiger partial charge in [-0.1, -0.05) is 36.4 Å². The Kier molecular flexibility index (Phi) is 4.06. The van der Waals surface area contributed by atoms with Gasteiger partial charge in [0.05, 0.1) is 5.69 Å². The second-order valence-electron chi connectivity index (χ2n) is 4.34. The Morgan fingerprint density at radius 1 is 0.955 bits per heavy atom. The Morgan fingerprint density at radius 2 is 1.68 bits per heavy atom. The van der Waals surface area contributed by atoms with E-state index in [9.17, 15) is 4.79 Å². The molecule has 0 saturated heterocycles. The van der Waals surface area contributed by atoms with Crippen molar-refractivity contribution in [1.82, 2.24) is 9.97 Å². The minimum atomic E-state index is -0.324. The van der Waals surface area contributed by atoms with Crippen LogP contribution in [0.2, 0.25) is 0 Å². The highest BCUT2D eigenvalue weighted by atomic mass is 16.7. The predicted molar refractivity (Wildman–Crippen MR) is 81.2 cm³/mol. The first kappa shape index (κ1) is 13.8. The van der Waals surface area contributed by atoms with Crippen molar-refractivity contribution in [2.75, 3.05) is 5.06 Å². The molecule has 22 heavy (non-hydrogen) atoms. The number of carbonyl (C=O) groups excluding carboxylic acids is 1. The zero-order valence-corrected chi connectivity index (χ0v) is 11.6. The fourth-order valence-electron chi connectivity index (χ4n) is 1.82. The molecular formula is C17H12N3O2. The van der Waals surface area contributed by atoms with Crippen molar-refractivity contribution in [3.63, 3.8) is 0 Å². The molecule has 3 rings (SSSR count). The monoisotopic (exact) mass is 290 g/mol. The van der Waals surface area contributed by atoms with Crippen LogP contribution < -0.4 is 9.90 Å². The van der Waals surface area contributed by atoms with Crippen molar-refractivity contribution in [3.05, 3.63) is 84.7 Å². The summed E-state index contributed by atoms with van der Waals surface area (Å²) in [7, 11) is 0. The molecule has 1 aromatic heterocycles. The van der Waals surface area contributed by atoms with E-state index in [1.54, 1.807) is 60.9 Å². The number of aromatic nitrogens is 2. The maximum atomic E-state index is 12.7. The molecule has 1 heterocycles. The van der Waals surface area contributed by atoms with Crippen LogP contribution in [0.4, 0.5) is 5.69 Å². The van der Waals surface area contributed by atoms with Gasteiger partial charge in [-0.2, -0.15) is 0 Å².